The van der Waals surface area contributed by atoms with Crippen LogP contribution >= 0.6 is 11.8 Å². The summed E-state index contributed by atoms with van der Waals surface area (Å²) in [7, 11) is 0. The third kappa shape index (κ3) is 5.85. The lowest BCUT2D eigenvalue weighted by molar-refractivity contribution is -0.384. The number of non-ortho nitro benzene ring substituents is 1. The van der Waals surface area contributed by atoms with Crippen LogP contribution in [0.4, 0.5) is 11.4 Å². The molecule has 164 valence electrons. The van der Waals surface area contributed by atoms with Gasteiger partial charge >= 0.3 is 0 Å². The molecule has 0 radical (unpaired) electrons. The molecule has 0 spiro atoms. The minimum atomic E-state index is -0.667. The summed E-state index contributed by atoms with van der Waals surface area (Å²) >= 11 is 1.09. The Labute approximate surface area is 187 Å². The lowest BCUT2D eigenvalue weighted by Crippen LogP contribution is -2.28. The molecule has 3 rings (SSSR count). The van der Waals surface area contributed by atoms with Crippen LogP contribution in [-0.2, 0) is 9.59 Å². The highest BCUT2D eigenvalue weighted by atomic mass is 32.2. The van der Waals surface area contributed by atoms with Gasteiger partial charge in [-0.2, -0.15) is 5.10 Å². The lowest BCUT2D eigenvalue weighted by Gasteiger charge is -2.08. The molecule has 10 nitrogen and oxygen atoms in total. The maximum Gasteiger partial charge on any atom is 0.269 e. The minimum absolute atomic E-state index is 0.0272. The van der Waals surface area contributed by atoms with Crippen LogP contribution in [0, 0.1) is 10.1 Å². The Kier molecular flexibility index (Phi) is 7.11. The molecule has 1 unspecified atom stereocenters. The molecule has 2 aromatic carbocycles. The largest absolute Gasteiger partial charge is 0.326 e. The molecule has 0 aliphatic carbocycles. The predicted octanol–water partition coefficient (Wildman–Crippen LogP) is 3.14. The summed E-state index contributed by atoms with van der Waals surface area (Å²) in [6.45, 7) is 3.12. The van der Waals surface area contributed by atoms with Gasteiger partial charge in [-0.1, -0.05) is 23.9 Å². The van der Waals surface area contributed by atoms with Crippen molar-refractivity contribution in [1.82, 2.24) is 5.32 Å². The van der Waals surface area contributed by atoms with E-state index in [4.69, 9.17) is 0 Å². The zero-order valence-corrected chi connectivity index (χ0v) is 18.0. The molecule has 2 amide bonds. The number of hydrogen-bond donors (Lipinski definition) is 2. The highest BCUT2D eigenvalue weighted by Gasteiger charge is 2.32. The van der Waals surface area contributed by atoms with Crippen LogP contribution in [0.3, 0.4) is 0 Å². The van der Waals surface area contributed by atoms with Crippen molar-refractivity contribution in [2.24, 2.45) is 10.2 Å². The fourth-order valence-electron chi connectivity index (χ4n) is 2.79. The van der Waals surface area contributed by atoms with E-state index in [1.54, 1.807) is 43.3 Å². The average molecular weight is 453 g/mol. The second kappa shape index (κ2) is 9.96. The number of amides is 2. The first-order valence-electron chi connectivity index (χ1n) is 9.48. The third-order valence-electron chi connectivity index (χ3n) is 4.49. The van der Waals surface area contributed by atoms with Crippen LogP contribution in [0.25, 0.3) is 0 Å². The van der Waals surface area contributed by atoms with Gasteiger partial charge in [-0.15, -0.1) is 5.10 Å². The number of thioether (sulfide) groups is 1. The van der Waals surface area contributed by atoms with Gasteiger partial charge in [0.1, 0.15) is 5.25 Å². The number of rotatable bonds is 7. The number of nitrogens with zero attached hydrogens (tertiary/aromatic N) is 3. The van der Waals surface area contributed by atoms with E-state index in [0.29, 0.717) is 22.5 Å². The van der Waals surface area contributed by atoms with Crippen molar-refractivity contribution < 1.29 is 19.3 Å². The number of carbonyl (C=O) groups excluding carboxylic acids is 3. The molecule has 1 saturated heterocycles. The molecule has 2 aromatic rings. The molecular formula is C21H19N5O5S. The maximum absolute atomic E-state index is 12.3. The van der Waals surface area contributed by atoms with Gasteiger partial charge in [0.2, 0.25) is 11.8 Å². The summed E-state index contributed by atoms with van der Waals surface area (Å²) in [5.41, 5.74) is 2.09. The second-order valence-corrected chi connectivity index (χ2v) is 8.07. The molecule has 11 heteroatoms. The maximum atomic E-state index is 12.3. The first kappa shape index (κ1) is 22.8. The van der Waals surface area contributed by atoms with E-state index in [-0.39, 0.29) is 34.9 Å². The molecule has 1 heterocycles. The molecule has 1 aliphatic rings. The van der Waals surface area contributed by atoms with Crippen LogP contribution < -0.4 is 10.6 Å². The predicted molar refractivity (Wildman–Crippen MR) is 122 cm³/mol. The lowest BCUT2D eigenvalue weighted by atomic mass is 10.1. The number of nitro benzene ring substituents is 1. The van der Waals surface area contributed by atoms with Gasteiger partial charge in [0.05, 0.1) is 10.6 Å². The molecule has 0 bridgehead atoms. The highest BCUT2D eigenvalue weighted by molar-refractivity contribution is 8.15. The summed E-state index contributed by atoms with van der Waals surface area (Å²) in [4.78, 5) is 46.2. The van der Waals surface area contributed by atoms with Gasteiger partial charge < -0.3 is 10.6 Å². The highest BCUT2D eigenvalue weighted by Crippen LogP contribution is 2.23. The van der Waals surface area contributed by atoms with Gasteiger partial charge in [-0.3, -0.25) is 24.5 Å². The van der Waals surface area contributed by atoms with Crippen molar-refractivity contribution in [3.63, 3.8) is 0 Å². The molecule has 1 fully saturated rings. The van der Waals surface area contributed by atoms with Gasteiger partial charge in [0.25, 0.3) is 5.69 Å². The standard InChI is InChI=1S/C21H19N5O5S/c1-12(14-6-8-17(9-7-14)26(30)31)24-25-21-23-20(29)18(32-21)11-19(28)22-16-5-3-4-15(10-16)13(2)27/h3-10,18H,11H2,1-2H3,(H,22,28)(H,23,25,29)/b24-12+. The molecule has 32 heavy (non-hydrogen) atoms. The van der Waals surface area contributed by atoms with E-state index in [0.717, 1.165) is 11.8 Å². The van der Waals surface area contributed by atoms with Gasteiger partial charge in [-0.25, -0.2) is 0 Å². The number of amidine groups is 1. The number of ketones is 1. The van der Waals surface area contributed by atoms with E-state index in [9.17, 15) is 24.5 Å². The Hall–Kier alpha value is -3.86. The van der Waals surface area contributed by atoms with Crippen molar-refractivity contribution in [3.8, 4) is 0 Å². The Balaban J connectivity index is 1.60. The van der Waals surface area contributed by atoms with E-state index in [2.05, 4.69) is 20.8 Å². The van der Waals surface area contributed by atoms with Crippen molar-refractivity contribution in [1.29, 1.82) is 0 Å². The normalized spacial score (nSPS) is 17.2. The molecule has 0 saturated carbocycles. The Morgan fingerprint density at radius 1 is 1.16 bits per heavy atom. The monoisotopic (exact) mass is 453 g/mol. The van der Waals surface area contributed by atoms with Crippen LogP contribution in [0.2, 0.25) is 0 Å². The van der Waals surface area contributed by atoms with Crippen LogP contribution in [-0.4, -0.2) is 38.7 Å². The van der Waals surface area contributed by atoms with Gasteiger partial charge in [0, 0.05) is 29.8 Å². The van der Waals surface area contributed by atoms with Crippen LogP contribution in [0.15, 0.2) is 58.7 Å². The summed E-state index contributed by atoms with van der Waals surface area (Å²) < 4.78 is 0. The molecule has 1 atom stereocenters. The van der Waals surface area contributed by atoms with E-state index < -0.39 is 10.2 Å². The minimum Gasteiger partial charge on any atom is -0.326 e. The number of benzene rings is 2. The summed E-state index contributed by atoms with van der Waals surface area (Å²) in [6.07, 6.45) is -0.0785. The van der Waals surface area contributed by atoms with Crippen molar-refractivity contribution in [3.05, 3.63) is 69.8 Å². The number of carbonyl (C=O) groups is 3. The van der Waals surface area contributed by atoms with Gasteiger partial charge in [0.15, 0.2) is 11.0 Å². The fraction of sp³-hybridized carbons (Fsp3) is 0.190. The van der Waals surface area contributed by atoms with Crippen LogP contribution in [0.5, 0.6) is 0 Å². The fourth-order valence-corrected chi connectivity index (χ4v) is 3.70. The average Bonchev–Trinajstić information content (AvgIpc) is 3.11. The number of Topliss-reactive ketones (excluding diaryl/α,β-unsaturated/α-hetero) is 1. The number of nitro groups is 1. The number of anilines is 1. The Morgan fingerprint density at radius 3 is 2.53 bits per heavy atom. The molecule has 1 aliphatic heterocycles. The third-order valence-corrected chi connectivity index (χ3v) is 5.56. The first-order valence-corrected chi connectivity index (χ1v) is 10.4. The first-order chi connectivity index (χ1) is 15.2. The number of hydrogen-bond acceptors (Lipinski definition) is 8. The summed E-state index contributed by atoms with van der Waals surface area (Å²) in [5, 5.41) is 23.7. The van der Waals surface area contributed by atoms with Gasteiger partial charge in [-0.05, 0) is 43.7 Å². The van der Waals surface area contributed by atoms with Crippen molar-refractivity contribution in [2.75, 3.05) is 5.32 Å². The summed E-state index contributed by atoms with van der Waals surface area (Å²) in [6, 6.07) is 12.4. The zero-order chi connectivity index (χ0) is 23.3. The van der Waals surface area contributed by atoms with E-state index in [1.807, 2.05) is 0 Å². The van der Waals surface area contributed by atoms with Crippen molar-refractivity contribution in [2.45, 2.75) is 25.5 Å². The quantitative estimate of drug-likeness (QED) is 0.285. The smallest absolute Gasteiger partial charge is 0.269 e. The summed E-state index contributed by atoms with van der Waals surface area (Å²) in [5.74, 6) is -0.841. The Bertz CT molecular complexity index is 1140. The van der Waals surface area contributed by atoms with E-state index in [1.165, 1.54) is 19.1 Å². The zero-order valence-electron chi connectivity index (χ0n) is 17.2. The van der Waals surface area contributed by atoms with Crippen molar-refractivity contribution >= 4 is 51.6 Å². The second-order valence-electron chi connectivity index (χ2n) is 6.88. The topological polar surface area (TPSA) is 143 Å². The van der Waals surface area contributed by atoms with E-state index >= 15 is 0 Å². The molecule has 2 N–H and O–H groups in total. The number of nitrogens with one attached hydrogen (secondary N) is 2. The molecular weight excluding hydrogens is 434 g/mol. The molecule has 0 aromatic heterocycles. The SMILES string of the molecule is CC(=O)c1cccc(NC(=O)CC2S/C(=N\N=C(/C)c3ccc([N+](=O)[O-])cc3)NC2=O)c1. The Morgan fingerprint density at radius 2 is 1.88 bits per heavy atom. The van der Waals surface area contributed by atoms with Crippen LogP contribution in [0.1, 0.15) is 36.2 Å².